The minimum Gasteiger partial charge on any atom is -0.480 e. The zero-order valence-electron chi connectivity index (χ0n) is 11.4. The van der Waals surface area contributed by atoms with Gasteiger partial charge >= 0.3 is 5.97 Å². The van der Waals surface area contributed by atoms with Crippen molar-refractivity contribution in [3.63, 3.8) is 0 Å². The SMILES string of the molecule is CC(N)C(=O)N1CCC(N2CCCC2C(=O)O)CC1. The van der Waals surface area contributed by atoms with Crippen LogP contribution in [0.2, 0.25) is 0 Å². The van der Waals surface area contributed by atoms with E-state index in [0.29, 0.717) is 19.1 Å². The number of carbonyl (C=O) groups is 2. The summed E-state index contributed by atoms with van der Waals surface area (Å²) < 4.78 is 0. The van der Waals surface area contributed by atoms with Crippen LogP contribution in [0.5, 0.6) is 0 Å². The lowest BCUT2D eigenvalue weighted by molar-refractivity contribution is -0.144. The molecule has 2 aliphatic heterocycles. The van der Waals surface area contributed by atoms with Crippen LogP contribution in [0, 0.1) is 0 Å². The average molecular weight is 269 g/mol. The molecule has 2 heterocycles. The zero-order chi connectivity index (χ0) is 14.0. The van der Waals surface area contributed by atoms with Gasteiger partial charge in [0, 0.05) is 19.1 Å². The fraction of sp³-hybridized carbons (Fsp3) is 0.846. The quantitative estimate of drug-likeness (QED) is 0.745. The summed E-state index contributed by atoms with van der Waals surface area (Å²) in [6, 6.07) is -0.489. The van der Waals surface area contributed by atoms with Crippen molar-refractivity contribution in [2.75, 3.05) is 19.6 Å². The number of nitrogens with two attached hydrogens (primary N) is 1. The number of piperidine rings is 1. The molecule has 2 saturated heterocycles. The largest absolute Gasteiger partial charge is 0.480 e. The van der Waals surface area contributed by atoms with Gasteiger partial charge in [0.15, 0.2) is 0 Å². The van der Waals surface area contributed by atoms with Gasteiger partial charge in [0.05, 0.1) is 6.04 Å². The molecule has 0 aromatic heterocycles. The van der Waals surface area contributed by atoms with Crippen LogP contribution in [0.1, 0.15) is 32.6 Å². The second-order valence-corrected chi connectivity index (χ2v) is 5.58. The highest BCUT2D eigenvalue weighted by Crippen LogP contribution is 2.26. The van der Waals surface area contributed by atoms with E-state index >= 15 is 0 Å². The molecule has 2 unspecified atom stereocenters. The lowest BCUT2D eigenvalue weighted by Crippen LogP contribution is -2.52. The third-order valence-corrected chi connectivity index (χ3v) is 4.21. The van der Waals surface area contributed by atoms with Gasteiger partial charge in [-0.05, 0) is 39.2 Å². The summed E-state index contributed by atoms with van der Waals surface area (Å²) in [7, 11) is 0. The first-order valence-electron chi connectivity index (χ1n) is 7.03. The molecule has 0 aliphatic carbocycles. The maximum atomic E-state index is 11.8. The van der Waals surface area contributed by atoms with Crippen LogP contribution in [0.25, 0.3) is 0 Å². The smallest absolute Gasteiger partial charge is 0.320 e. The number of hydrogen-bond acceptors (Lipinski definition) is 4. The van der Waals surface area contributed by atoms with Crippen molar-refractivity contribution in [2.45, 2.75) is 50.7 Å². The van der Waals surface area contributed by atoms with E-state index in [4.69, 9.17) is 5.73 Å². The van der Waals surface area contributed by atoms with Gasteiger partial charge in [-0.3, -0.25) is 14.5 Å². The molecule has 0 saturated carbocycles. The molecule has 0 aromatic carbocycles. The van der Waals surface area contributed by atoms with Crippen LogP contribution in [0.3, 0.4) is 0 Å². The number of carbonyl (C=O) groups excluding carboxylic acids is 1. The first-order chi connectivity index (χ1) is 9.00. The molecule has 6 heteroatoms. The summed E-state index contributed by atoms with van der Waals surface area (Å²) in [6.45, 7) is 3.94. The van der Waals surface area contributed by atoms with Crippen molar-refractivity contribution in [3.8, 4) is 0 Å². The predicted molar refractivity (Wildman–Crippen MR) is 70.6 cm³/mol. The number of aliphatic carboxylic acids is 1. The summed E-state index contributed by atoms with van der Waals surface area (Å²) in [4.78, 5) is 26.9. The molecule has 2 rings (SSSR count). The van der Waals surface area contributed by atoms with Crippen LogP contribution in [-0.2, 0) is 9.59 Å². The highest BCUT2D eigenvalue weighted by atomic mass is 16.4. The molecule has 19 heavy (non-hydrogen) atoms. The second-order valence-electron chi connectivity index (χ2n) is 5.58. The van der Waals surface area contributed by atoms with E-state index < -0.39 is 12.0 Å². The molecular formula is C13H23N3O3. The van der Waals surface area contributed by atoms with Crippen LogP contribution in [0.4, 0.5) is 0 Å². The van der Waals surface area contributed by atoms with E-state index in [0.717, 1.165) is 32.2 Å². The van der Waals surface area contributed by atoms with Gasteiger partial charge in [-0.1, -0.05) is 0 Å². The Labute approximate surface area is 113 Å². The number of carboxylic acids is 1. The predicted octanol–water partition coefficient (Wildman–Crippen LogP) is -0.126. The van der Waals surface area contributed by atoms with E-state index in [9.17, 15) is 14.7 Å². The molecule has 3 N–H and O–H groups in total. The highest BCUT2D eigenvalue weighted by Gasteiger charge is 2.37. The van der Waals surface area contributed by atoms with Gasteiger partial charge in [0.25, 0.3) is 0 Å². The maximum Gasteiger partial charge on any atom is 0.320 e. The Morgan fingerprint density at radius 1 is 1.21 bits per heavy atom. The lowest BCUT2D eigenvalue weighted by atomic mass is 10.0. The zero-order valence-corrected chi connectivity index (χ0v) is 11.4. The van der Waals surface area contributed by atoms with E-state index in [2.05, 4.69) is 4.90 Å². The van der Waals surface area contributed by atoms with Gasteiger partial charge in [0.2, 0.25) is 5.91 Å². The first-order valence-corrected chi connectivity index (χ1v) is 7.03. The summed E-state index contributed by atoms with van der Waals surface area (Å²) in [5, 5.41) is 9.20. The molecule has 0 bridgehead atoms. The van der Waals surface area contributed by atoms with Gasteiger partial charge in [-0.25, -0.2) is 0 Å². The van der Waals surface area contributed by atoms with E-state index in [1.165, 1.54) is 0 Å². The summed E-state index contributed by atoms with van der Waals surface area (Å²) >= 11 is 0. The Hall–Kier alpha value is -1.14. The minimum absolute atomic E-state index is 0.00495. The number of carboxylic acid groups (broad SMARTS) is 1. The summed E-state index contributed by atoms with van der Waals surface area (Å²) in [5.74, 6) is -0.721. The minimum atomic E-state index is -0.716. The Balaban J connectivity index is 1.89. The van der Waals surface area contributed by atoms with Crippen LogP contribution >= 0.6 is 0 Å². The number of hydrogen-bond donors (Lipinski definition) is 2. The average Bonchev–Trinajstić information content (AvgIpc) is 2.87. The van der Waals surface area contributed by atoms with E-state index in [1.54, 1.807) is 11.8 Å². The monoisotopic (exact) mass is 269 g/mol. The molecule has 0 radical (unpaired) electrons. The number of amides is 1. The van der Waals surface area contributed by atoms with Gasteiger partial charge in [0.1, 0.15) is 6.04 Å². The van der Waals surface area contributed by atoms with Crippen molar-refractivity contribution in [1.82, 2.24) is 9.80 Å². The molecule has 2 atom stereocenters. The van der Waals surface area contributed by atoms with Crippen molar-refractivity contribution in [2.24, 2.45) is 5.73 Å². The third kappa shape index (κ3) is 3.06. The molecule has 0 spiro atoms. The Morgan fingerprint density at radius 3 is 2.37 bits per heavy atom. The van der Waals surface area contributed by atoms with Crippen LogP contribution < -0.4 is 5.73 Å². The summed E-state index contributed by atoms with van der Waals surface area (Å²) in [6.07, 6.45) is 3.40. The fourth-order valence-electron chi connectivity index (χ4n) is 3.20. The number of rotatable bonds is 3. The summed E-state index contributed by atoms with van der Waals surface area (Å²) in [5.41, 5.74) is 5.61. The second kappa shape index (κ2) is 5.88. The van der Waals surface area contributed by atoms with Gasteiger partial charge < -0.3 is 15.7 Å². The number of nitrogens with zero attached hydrogens (tertiary/aromatic N) is 2. The molecule has 0 aromatic rings. The molecule has 2 fully saturated rings. The van der Waals surface area contributed by atoms with Crippen molar-refractivity contribution >= 4 is 11.9 Å². The van der Waals surface area contributed by atoms with Gasteiger partial charge in [-0.2, -0.15) is 0 Å². The molecule has 108 valence electrons. The van der Waals surface area contributed by atoms with E-state index in [1.807, 2.05) is 0 Å². The third-order valence-electron chi connectivity index (χ3n) is 4.21. The standard InChI is InChI=1S/C13H23N3O3/c1-9(14)12(17)15-7-4-10(5-8-15)16-6-2-3-11(16)13(18)19/h9-11H,2-8,14H2,1H3,(H,18,19). The van der Waals surface area contributed by atoms with Crippen LogP contribution in [0.15, 0.2) is 0 Å². The fourth-order valence-corrected chi connectivity index (χ4v) is 3.20. The molecule has 1 amide bonds. The lowest BCUT2D eigenvalue weighted by Gasteiger charge is -2.38. The molecule has 6 nitrogen and oxygen atoms in total. The maximum absolute atomic E-state index is 11.8. The Morgan fingerprint density at radius 2 is 1.84 bits per heavy atom. The molecule has 2 aliphatic rings. The van der Waals surface area contributed by atoms with E-state index in [-0.39, 0.29) is 11.9 Å². The number of likely N-dealkylation sites (tertiary alicyclic amines) is 2. The highest BCUT2D eigenvalue weighted by molar-refractivity contribution is 5.81. The molecular weight excluding hydrogens is 246 g/mol. The Bertz CT molecular complexity index is 351. The van der Waals surface area contributed by atoms with Crippen molar-refractivity contribution < 1.29 is 14.7 Å². The van der Waals surface area contributed by atoms with Gasteiger partial charge in [-0.15, -0.1) is 0 Å². The normalized spacial score (nSPS) is 27.5. The van der Waals surface area contributed by atoms with Crippen LogP contribution in [-0.4, -0.2) is 64.5 Å². The first kappa shape index (κ1) is 14.3. The topological polar surface area (TPSA) is 86.9 Å². The van der Waals surface area contributed by atoms with Crippen molar-refractivity contribution in [3.05, 3.63) is 0 Å². The Kier molecular flexibility index (Phi) is 4.42. The van der Waals surface area contributed by atoms with Crippen molar-refractivity contribution in [1.29, 1.82) is 0 Å².